The molecular formula is C9H15. The largest absolute Gasteiger partial charge is 0.103 e. The van der Waals surface area contributed by atoms with Gasteiger partial charge in [0.2, 0.25) is 0 Å². The van der Waals surface area contributed by atoms with Gasteiger partial charge in [0.05, 0.1) is 0 Å². The van der Waals surface area contributed by atoms with Crippen LogP contribution in [0.3, 0.4) is 0 Å². The van der Waals surface area contributed by atoms with Crippen molar-refractivity contribution in [3.63, 3.8) is 0 Å². The molecule has 0 bridgehead atoms. The molecule has 0 nitrogen and oxygen atoms in total. The van der Waals surface area contributed by atoms with Gasteiger partial charge in [0.15, 0.2) is 0 Å². The van der Waals surface area contributed by atoms with Gasteiger partial charge in [-0.1, -0.05) is 26.7 Å². The standard InChI is InChI=1S/C9H15/c1-4-7-8-9(5-2)6-3/h9H,1,5-6,8H2,2-3H3. The number of hydrogen-bond donors (Lipinski definition) is 0. The average Bonchev–Trinajstić information content (AvgIpc) is 1.91. The fourth-order valence-corrected chi connectivity index (χ4v) is 0.794. The van der Waals surface area contributed by atoms with E-state index in [2.05, 4.69) is 32.6 Å². The fourth-order valence-electron chi connectivity index (χ4n) is 0.794. The lowest BCUT2D eigenvalue weighted by Crippen LogP contribution is -1.93. The van der Waals surface area contributed by atoms with Gasteiger partial charge in [-0.3, -0.25) is 0 Å². The molecule has 0 spiro atoms. The summed E-state index contributed by atoms with van der Waals surface area (Å²) in [6.45, 7) is 7.88. The minimum atomic E-state index is 0.791. The van der Waals surface area contributed by atoms with E-state index < -0.39 is 0 Å². The predicted molar refractivity (Wildman–Crippen MR) is 41.8 cm³/mol. The van der Waals surface area contributed by atoms with E-state index in [4.69, 9.17) is 0 Å². The van der Waals surface area contributed by atoms with Crippen LogP contribution in [0.4, 0.5) is 0 Å². The average molecular weight is 123 g/mol. The van der Waals surface area contributed by atoms with Crippen LogP contribution >= 0.6 is 0 Å². The Labute approximate surface area is 58.7 Å². The Morgan fingerprint density at radius 2 is 1.89 bits per heavy atom. The van der Waals surface area contributed by atoms with Gasteiger partial charge >= 0.3 is 0 Å². The zero-order valence-corrected chi connectivity index (χ0v) is 6.41. The Morgan fingerprint density at radius 3 is 2.22 bits per heavy atom. The van der Waals surface area contributed by atoms with E-state index in [0.29, 0.717) is 0 Å². The summed E-state index contributed by atoms with van der Waals surface area (Å²) in [6.07, 6.45) is 3.51. The third-order valence-electron chi connectivity index (χ3n) is 1.67. The summed E-state index contributed by atoms with van der Waals surface area (Å²) in [5.41, 5.74) is 0. The van der Waals surface area contributed by atoms with Crippen molar-refractivity contribution in [3.05, 3.63) is 6.92 Å². The summed E-state index contributed by atoms with van der Waals surface area (Å²) in [4.78, 5) is 0. The van der Waals surface area contributed by atoms with Crippen LogP contribution in [-0.4, -0.2) is 0 Å². The quantitative estimate of drug-likeness (QED) is 0.506. The SMILES string of the molecule is [CH2]C#CCC(CC)CC. The first-order valence-electron chi connectivity index (χ1n) is 3.60. The molecule has 0 saturated heterocycles. The van der Waals surface area contributed by atoms with Crippen LogP contribution in [-0.2, 0) is 0 Å². The molecule has 0 aliphatic rings. The Morgan fingerprint density at radius 1 is 1.33 bits per heavy atom. The molecule has 0 amide bonds. The minimum Gasteiger partial charge on any atom is -0.103 e. The lowest BCUT2D eigenvalue weighted by Gasteiger charge is -2.05. The van der Waals surface area contributed by atoms with Crippen molar-refractivity contribution >= 4 is 0 Å². The highest BCUT2D eigenvalue weighted by atomic mass is 14.0. The molecule has 0 unspecified atom stereocenters. The molecule has 51 valence electrons. The van der Waals surface area contributed by atoms with Gasteiger partial charge in [0.25, 0.3) is 0 Å². The third-order valence-corrected chi connectivity index (χ3v) is 1.67. The van der Waals surface area contributed by atoms with Gasteiger partial charge in [0.1, 0.15) is 0 Å². The van der Waals surface area contributed by atoms with E-state index in [-0.39, 0.29) is 0 Å². The Kier molecular flexibility index (Phi) is 5.41. The van der Waals surface area contributed by atoms with E-state index in [1.165, 1.54) is 12.8 Å². The van der Waals surface area contributed by atoms with E-state index >= 15 is 0 Å². The molecule has 0 saturated carbocycles. The van der Waals surface area contributed by atoms with E-state index in [0.717, 1.165) is 12.3 Å². The number of hydrogen-bond acceptors (Lipinski definition) is 0. The summed E-state index contributed by atoms with van der Waals surface area (Å²) in [5, 5.41) is 0. The summed E-state index contributed by atoms with van der Waals surface area (Å²) in [5.74, 6) is 6.45. The van der Waals surface area contributed by atoms with E-state index in [1.807, 2.05) is 0 Å². The zero-order valence-electron chi connectivity index (χ0n) is 6.41. The minimum absolute atomic E-state index is 0.791. The first kappa shape index (κ1) is 8.56. The Bertz CT molecular complexity index is 98.9. The first-order chi connectivity index (χ1) is 4.35. The van der Waals surface area contributed by atoms with Crippen LogP contribution in [0.25, 0.3) is 0 Å². The summed E-state index contributed by atoms with van der Waals surface area (Å²) >= 11 is 0. The van der Waals surface area contributed by atoms with Crippen molar-refractivity contribution in [2.24, 2.45) is 5.92 Å². The maximum absolute atomic E-state index is 3.47. The highest BCUT2D eigenvalue weighted by Crippen LogP contribution is 2.10. The zero-order chi connectivity index (χ0) is 7.11. The van der Waals surface area contributed by atoms with Crippen molar-refractivity contribution in [1.82, 2.24) is 0 Å². The second-order valence-electron chi connectivity index (χ2n) is 2.24. The molecule has 0 fully saturated rings. The van der Waals surface area contributed by atoms with Gasteiger partial charge in [-0.25, -0.2) is 0 Å². The van der Waals surface area contributed by atoms with Gasteiger partial charge in [0, 0.05) is 13.3 Å². The number of rotatable bonds is 3. The summed E-state index contributed by atoms with van der Waals surface area (Å²) in [6, 6.07) is 0. The molecule has 0 atom stereocenters. The molecule has 0 aliphatic heterocycles. The van der Waals surface area contributed by atoms with Gasteiger partial charge in [-0.2, -0.15) is 0 Å². The molecule has 0 rings (SSSR count). The van der Waals surface area contributed by atoms with E-state index in [1.54, 1.807) is 0 Å². The monoisotopic (exact) mass is 123 g/mol. The van der Waals surface area contributed by atoms with Crippen molar-refractivity contribution in [2.45, 2.75) is 33.1 Å². The molecule has 0 aromatic rings. The highest BCUT2D eigenvalue weighted by molar-refractivity contribution is 5.01. The van der Waals surface area contributed by atoms with Crippen LogP contribution in [0.5, 0.6) is 0 Å². The molecule has 0 N–H and O–H groups in total. The van der Waals surface area contributed by atoms with Gasteiger partial charge in [-0.05, 0) is 5.92 Å². The normalized spacial score (nSPS) is 8.89. The van der Waals surface area contributed by atoms with Gasteiger partial charge in [-0.15, -0.1) is 11.8 Å². The second kappa shape index (κ2) is 5.69. The first-order valence-corrected chi connectivity index (χ1v) is 3.60. The van der Waals surface area contributed by atoms with Crippen molar-refractivity contribution < 1.29 is 0 Å². The lowest BCUT2D eigenvalue weighted by atomic mass is 10.0. The predicted octanol–water partition coefficient (Wildman–Crippen LogP) is 2.65. The molecule has 1 radical (unpaired) electrons. The maximum Gasteiger partial charge on any atom is 0.0198 e. The summed E-state index contributed by atoms with van der Waals surface area (Å²) < 4.78 is 0. The van der Waals surface area contributed by atoms with Crippen LogP contribution in [0.15, 0.2) is 0 Å². The third kappa shape index (κ3) is 4.09. The molecule has 0 heteroatoms. The maximum atomic E-state index is 3.47. The molecule has 0 aromatic heterocycles. The smallest absolute Gasteiger partial charge is 0.0198 e. The van der Waals surface area contributed by atoms with Crippen LogP contribution < -0.4 is 0 Å². The van der Waals surface area contributed by atoms with Crippen molar-refractivity contribution in [1.29, 1.82) is 0 Å². The Hall–Kier alpha value is -0.440. The van der Waals surface area contributed by atoms with Crippen LogP contribution in [0, 0.1) is 24.7 Å². The van der Waals surface area contributed by atoms with Crippen molar-refractivity contribution in [3.8, 4) is 11.8 Å². The lowest BCUT2D eigenvalue weighted by molar-refractivity contribution is 0.507. The fraction of sp³-hybridized carbons (Fsp3) is 0.667. The molecule has 0 aromatic carbocycles. The molecule has 0 heterocycles. The van der Waals surface area contributed by atoms with Crippen LogP contribution in [0.2, 0.25) is 0 Å². The van der Waals surface area contributed by atoms with Crippen LogP contribution in [0.1, 0.15) is 33.1 Å². The van der Waals surface area contributed by atoms with Crippen molar-refractivity contribution in [2.75, 3.05) is 0 Å². The Balaban J connectivity index is 3.39. The molecular weight excluding hydrogens is 108 g/mol. The second-order valence-corrected chi connectivity index (χ2v) is 2.24. The topological polar surface area (TPSA) is 0 Å². The molecule has 0 aliphatic carbocycles. The molecule has 9 heavy (non-hydrogen) atoms. The highest BCUT2D eigenvalue weighted by Gasteiger charge is 1.98. The van der Waals surface area contributed by atoms with E-state index in [9.17, 15) is 0 Å². The summed E-state index contributed by atoms with van der Waals surface area (Å²) in [7, 11) is 0. The van der Waals surface area contributed by atoms with Gasteiger partial charge < -0.3 is 0 Å².